The first-order chi connectivity index (χ1) is 15.8. The van der Waals surface area contributed by atoms with E-state index in [4.69, 9.17) is 9.47 Å². The molecule has 0 spiro atoms. The van der Waals surface area contributed by atoms with Crippen molar-refractivity contribution < 1.29 is 14.7 Å². The summed E-state index contributed by atoms with van der Waals surface area (Å²) in [5, 5.41) is 13.1. The highest BCUT2D eigenvalue weighted by Crippen LogP contribution is 2.66. The molecule has 0 aromatic heterocycles. The Balaban J connectivity index is 1.29. The fourth-order valence-electron chi connectivity index (χ4n) is 8.97. The van der Waals surface area contributed by atoms with Crippen molar-refractivity contribution in [1.29, 1.82) is 0 Å². The standard InChI is InChI=1S/C29H45NO3/c1-6-26-18(2)7-12-27(33-26)32-21-13-15-28(4)20(17-21)8-9-22-24-11-10-23(19(3)30-31)29(24,5)16-14-25(22)28/h7-8,12,18,21-27,31H,6,9-11,13-17H2,1-5H3/b30-19+/t18-,21-,22?,23+,24?,25?,26+,27?,28-,29+/m0/s1. The number of hydrogen-bond acceptors (Lipinski definition) is 4. The maximum Gasteiger partial charge on any atom is 0.177 e. The molecule has 1 N–H and O–H groups in total. The third-order valence-corrected chi connectivity index (χ3v) is 10.9. The van der Waals surface area contributed by atoms with E-state index in [2.05, 4.69) is 51.1 Å². The van der Waals surface area contributed by atoms with Crippen molar-refractivity contribution in [3.05, 3.63) is 23.8 Å². The molecule has 33 heavy (non-hydrogen) atoms. The first-order valence-electron chi connectivity index (χ1n) is 13.7. The zero-order chi connectivity index (χ0) is 23.4. The Morgan fingerprint density at radius 1 is 1.15 bits per heavy atom. The second-order valence-corrected chi connectivity index (χ2v) is 12.4. The van der Waals surface area contributed by atoms with Gasteiger partial charge in [0.1, 0.15) is 0 Å². The number of fused-ring (bicyclic) bond motifs is 5. The van der Waals surface area contributed by atoms with Crippen molar-refractivity contribution in [2.75, 3.05) is 0 Å². The molecular formula is C29H45NO3. The van der Waals surface area contributed by atoms with Crippen LogP contribution in [0.5, 0.6) is 0 Å². The summed E-state index contributed by atoms with van der Waals surface area (Å²) in [5.74, 6) is 3.26. The summed E-state index contributed by atoms with van der Waals surface area (Å²) in [4.78, 5) is 0. The minimum Gasteiger partial charge on any atom is -0.411 e. The van der Waals surface area contributed by atoms with Crippen LogP contribution in [-0.2, 0) is 9.47 Å². The third-order valence-electron chi connectivity index (χ3n) is 10.9. The average molecular weight is 456 g/mol. The van der Waals surface area contributed by atoms with Gasteiger partial charge in [0.25, 0.3) is 0 Å². The summed E-state index contributed by atoms with van der Waals surface area (Å²) >= 11 is 0. The van der Waals surface area contributed by atoms with Crippen LogP contribution in [0, 0.1) is 40.4 Å². The van der Waals surface area contributed by atoms with E-state index in [0.29, 0.717) is 22.7 Å². The van der Waals surface area contributed by atoms with E-state index in [1.165, 1.54) is 38.5 Å². The van der Waals surface area contributed by atoms with Crippen LogP contribution in [0.1, 0.15) is 92.4 Å². The Labute approximate surface area is 200 Å². The van der Waals surface area contributed by atoms with Gasteiger partial charge in [-0.3, -0.25) is 0 Å². The Morgan fingerprint density at radius 3 is 2.73 bits per heavy atom. The summed E-state index contributed by atoms with van der Waals surface area (Å²) in [5.41, 5.74) is 3.24. The van der Waals surface area contributed by atoms with Gasteiger partial charge in [0.05, 0.1) is 17.9 Å². The summed E-state index contributed by atoms with van der Waals surface area (Å²) in [6.07, 6.45) is 18.2. The Morgan fingerprint density at radius 2 is 1.97 bits per heavy atom. The van der Waals surface area contributed by atoms with Gasteiger partial charge in [-0.1, -0.05) is 50.6 Å². The number of rotatable bonds is 4. The lowest BCUT2D eigenvalue weighted by molar-refractivity contribution is -0.188. The van der Waals surface area contributed by atoms with Gasteiger partial charge >= 0.3 is 0 Å². The molecule has 1 heterocycles. The molecule has 10 atom stereocenters. The van der Waals surface area contributed by atoms with Crippen molar-refractivity contribution >= 4 is 5.71 Å². The quantitative estimate of drug-likeness (QED) is 0.212. The van der Waals surface area contributed by atoms with Crippen LogP contribution in [0.2, 0.25) is 0 Å². The molecule has 0 aromatic rings. The number of allylic oxidation sites excluding steroid dienone is 1. The molecule has 1 aliphatic heterocycles. The molecule has 4 nitrogen and oxygen atoms in total. The van der Waals surface area contributed by atoms with Gasteiger partial charge in [0.15, 0.2) is 6.29 Å². The maximum atomic E-state index is 9.47. The van der Waals surface area contributed by atoms with Gasteiger partial charge in [-0.2, -0.15) is 0 Å². The minimum absolute atomic E-state index is 0.181. The number of oxime groups is 1. The van der Waals surface area contributed by atoms with Gasteiger partial charge in [-0.15, -0.1) is 0 Å². The Hall–Kier alpha value is -1.13. The van der Waals surface area contributed by atoms with Crippen LogP contribution in [0.15, 0.2) is 29.0 Å². The lowest BCUT2D eigenvalue weighted by Gasteiger charge is -2.58. The van der Waals surface area contributed by atoms with Crippen LogP contribution in [0.4, 0.5) is 0 Å². The SMILES string of the molecule is CC[C@H]1OC(O[C@H]2CC[C@@]3(C)C(=CCC4C3CC[C@@]3(C)C4CC[C@@H]3/C(C)=N/O)C2)C=C[C@@H]1C. The molecule has 4 aliphatic carbocycles. The molecule has 184 valence electrons. The van der Waals surface area contributed by atoms with E-state index >= 15 is 0 Å². The van der Waals surface area contributed by atoms with Crippen LogP contribution in [0.25, 0.3) is 0 Å². The van der Waals surface area contributed by atoms with Crippen molar-refractivity contribution in [2.45, 2.75) is 111 Å². The summed E-state index contributed by atoms with van der Waals surface area (Å²) < 4.78 is 12.7. The molecule has 4 heteroatoms. The molecular weight excluding hydrogens is 410 g/mol. The molecule has 0 aromatic carbocycles. The second-order valence-electron chi connectivity index (χ2n) is 12.4. The number of nitrogens with zero attached hydrogens (tertiary/aromatic N) is 1. The molecule has 5 aliphatic rings. The van der Waals surface area contributed by atoms with Crippen molar-refractivity contribution in [2.24, 2.45) is 45.6 Å². The minimum atomic E-state index is -0.181. The van der Waals surface area contributed by atoms with Crippen molar-refractivity contribution in [3.63, 3.8) is 0 Å². The van der Waals surface area contributed by atoms with Crippen molar-refractivity contribution in [1.82, 2.24) is 0 Å². The molecule has 0 radical (unpaired) electrons. The molecule has 0 bridgehead atoms. The monoisotopic (exact) mass is 455 g/mol. The maximum absolute atomic E-state index is 9.47. The fraction of sp³-hybridized carbons (Fsp3) is 0.828. The molecule has 3 fully saturated rings. The molecule has 4 unspecified atom stereocenters. The smallest absolute Gasteiger partial charge is 0.177 e. The summed E-state index contributed by atoms with van der Waals surface area (Å²) in [6, 6.07) is 0. The van der Waals surface area contributed by atoms with Gasteiger partial charge < -0.3 is 14.7 Å². The zero-order valence-corrected chi connectivity index (χ0v) is 21.4. The van der Waals surface area contributed by atoms with Crippen LogP contribution >= 0.6 is 0 Å². The predicted octanol–water partition coefficient (Wildman–Crippen LogP) is 7.13. The van der Waals surface area contributed by atoms with Gasteiger partial charge in [-0.05, 0) is 99.4 Å². The first kappa shape index (κ1) is 23.6. The summed E-state index contributed by atoms with van der Waals surface area (Å²) in [7, 11) is 0. The van der Waals surface area contributed by atoms with Gasteiger partial charge in [0, 0.05) is 11.8 Å². The lowest BCUT2D eigenvalue weighted by atomic mass is 9.47. The highest BCUT2D eigenvalue weighted by molar-refractivity contribution is 5.85. The van der Waals surface area contributed by atoms with E-state index in [-0.39, 0.29) is 18.5 Å². The highest BCUT2D eigenvalue weighted by Gasteiger charge is 2.59. The fourth-order valence-corrected chi connectivity index (χ4v) is 8.97. The van der Waals surface area contributed by atoms with Gasteiger partial charge in [-0.25, -0.2) is 0 Å². The van der Waals surface area contributed by atoms with E-state index < -0.39 is 0 Å². The van der Waals surface area contributed by atoms with Crippen LogP contribution in [0.3, 0.4) is 0 Å². The van der Waals surface area contributed by atoms with Gasteiger partial charge in [0.2, 0.25) is 0 Å². The number of ether oxygens (including phenoxy) is 2. The first-order valence-corrected chi connectivity index (χ1v) is 13.7. The van der Waals surface area contributed by atoms with Crippen molar-refractivity contribution in [3.8, 4) is 0 Å². The predicted molar refractivity (Wildman–Crippen MR) is 132 cm³/mol. The average Bonchev–Trinajstić information content (AvgIpc) is 3.17. The van der Waals surface area contributed by atoms with E-state index in [1.807, 2.05) is 6.92 Å². The number of hydrogen-bond donors (Lipinski definition) is 1. The zero-order valence-electron chi connectivity index (χ0n) is 21.4. The normalized spacial score (nSPS) is 49.7. The molecule has 0 saturated heterocycles. The van der Waals surface area contributed by atoms with E-state index in [0.717, 1.165) is 42.7 Å². The molecule has 5 rings (SSSR count). The largest absolute Gasteiger partial charge is 0.411 e. The second kappa shape index (κ2) is 8.82. The molecule has 3 saturated carbocycles. The molecule has 0 amide bonds. The topological polar surface area (TPSA) is 51.0 Å². The Bertz CT molecular complexity index is 833. The summed E-state index contributed by atoms with van der Waals surface area (Å²) in [6.45, 7) is 11.5. The third kappa shape index (κ3) is 3.84. The highest BCUT2D eigenvalue weighted by atomic mass is 16.7. The van der Waals surface area contributed by atoms with Crippen LogP contribution < -0.4 is 0 Å². The van der Waals surface area contributed by atoms with Crippen LogP contribution in [-0.4, -0.2) is 29.4 Å². The van der Waals surface area contributed by atoms with E-state index in [1.54, 1.807) is 5.57 Å². The lowest BCUT2D eigenvalue weighted by Crippen LogP contribution is -2.51. The van der Waals surface area contributed by atoms with E-state index in [9.17, 15) is 5.21 Å². The Kier molecular flexibility index (Phi) is 6.31.